The van der Waals surface area contributed by atoms with Crippen LogP contribution in [0.25, 0.3) is 0 Å². The molecule has 4 heteroatoms. The Hall–Kier alpha value is -1.16. The quantitative estimate of drug-likeness (QED) is 0.612. The fraction of sp³-hybridized carbons (Fsp3) is 0.417. The molecule has 0 atom stereocenters. The number of hydrogen-bond acceptors (Lipinski definition) is 3. The van der Waals surface area contributed by atoms with Crippen molar-refractivity contribution in [1.29, 1.82) is 0 Å². The fourth-order valence-electron chi connectivity index (χ4n) is 1.27. The second-order valence-electron chi connectivity index (χ2n) is 3.68. The van der Waals surface area contributed by atoms with Gasteiger partial charge < -0.3 is 11.1 Å². The van der Waals surface area contributed by atoms with E-state index >= 15 is 0 Å². The summed E-state index contributed by atoms with van der Waals surface area (Å²) in [5.74, 6) is 1.55. The predicted molar refractivity (Wildman–Crippen MR) is 71.8 cm³/mol. The van der Waals surface area contributed by atoms with E-state index in [4.69, 9.17) is 5.73 Å². The number of carbonyl (C=O) groups is 1. The maximum absolute atomic E-state index is 11.6. The Morgan fingerprint density at radius 2 is 2.25 bits per heavy atom. The third kappa shape index (κ3) is 4.14. The van der Waals surface area contributed by atoms with E-state index in [2.05, 4.69) is 12.2 Å². The summed E-state index contributed by atoms with van der Waals surface area (Å²) in [7, 11) is 0. The van der Waals surface area contributed by atoms with Gasteiger partial charge in [0.25, 0.3) is 0 Å². The van der Waals surface area contributed by atoms with Gasteiger partial charge in [0.05, 0.1) is 5.75 Å². The maximum Gasteiger partial charge on any atom is 0.234 e. The Bertz CT molecular complexity index is 366. The number of hydrogen-bond donors (Lipinski definition) is 2. The van der Waals surface area contributed by atoms with E-state index in [9.17, 15) is 4.79 Å². The van der Waals surface area contributed by atoms with Gasteiger partial charge in [-0.3, -0.25) is 4.79 Å². The molecular weight excluding hydrogens is 220 g/mol. The van der Waals surface area contributed by atoms with Crippen LogP contribution >= 0.6 is 11.8 Å². The summed E-state index contributed by atoms with van der Waals surface area (Å²) in [6.07, 6.45) is 1.09. The van der Waals surface area contributed by atoms with E-state index < -0.39 is 0 Å². The molecule has 3 N–H and O–H groups in total. The van der Waals surface area contributed by atoms with Gasteiger partial charge in [0.1, 0.15) is 0 Å². The van der Waals surface area contributed by atoms with Crippen LogP contribution in [0.15, 0.2) is 18.2 Å². The van der Waals surface area contributed by atoms with Gasteiger partial charge in [-0.2, -0.15) is 11.8 Å². The van der Waals surface area contributed by atoms with Crippen LogP contribution in [0.4, 0.5) is 11.4 Å². The van der Waals surface area contributed by atoms with E-state index in [0.717, 1.165) is 23.4 Å². The van der Waals surface area contributed by atoms with Crippen molar-refractivity contribution in [3.05, 3.63) is 23.8 Å². The van der Waals surface area contributed by atoms with Crippen molar-refractivity contribution in [2.24, 2.45) is 0 Å². The summed E-state index contributed by atoms with van der Waals surface area (Å²) in [6.45, 7) is 4.06. The highest BCUT2D eigenvalue weighted by molar-refractivity contribution is 7.99. The summed E-state index contributed by atoms with van der Waals surface area (Å²) in [5, 5.41) is 2.87. The topological polar surface area (TPSA) is 55.1 Å². The lowest BCUT2D eigenvalue weighted by atomic mass is 10.2. The van der Waals surface area contributed by atoms with Crippen LogP contribution in [0.5, 0.6) is 0 Å². The van der Waals surface area contributed by atoms with Crippen molar-refractivity contribution >= 4 is 29.0 Å². The Labute approximate surface area is 101 Å². The molecule has 1 amide bonds. The number of amides is 1. The van der Waals surface area contributed by atoms with Crippen LogP contribution < -0.4 is 11.1 Å². The minimum absolute atomic E-state index is 0.0344. The second kappa shape index (κ2) is 6.43. The summed E-state index contributed by atoms with van der Waals surface area (Å²) < 4.78 is 0. The molecule has 0 saturated carbocycles. The normalized spacial score (nSPS) is 10.1. The molecule has 0 fully saturated rings. The summed E-state index contributed by atoms with van der Waals surface area (Å²) in [4.78, 5) is 11.6. The Morgan fingerprint density at radius 3 is 2.94 bits per heavy atom. The average Bonchev–Trinajstić information content (AvgIpc) is 2.24. The minimum Gasteiger partial charge on any atom is -0.399 e. The first-order chi connectivity index (χ1) is 7.63. The van der Waals surface area contributed by atoms with Crippen molar-refractivity contribution in [2.75, 3.05) is 22.6 Å². The molecule has 0 bridgehead atoms. The van der Waals surface area contributed by atoms with Crippen molar-refractivity contribution in [3.8, 4) is 0 Å². The standard InChI is InChI=1S/C12H18N2OS/c1-3-6-16-8-12(15)14-11-7-10(13)5-4-9(11)2/h4-5,7H,3,6,8,13H2,1-2H3,(H,14,15). The fourth-order valence-corrected chi connectivity index (χ4v) is 1.96. The monoisotopic (exact) mass is 238 g/mol. The van der Waals surface area contributed by atoms with E-state index in [1.807, 2.05) is 19.1 Å². The molecule has 0 spiro atoms. The highest BCUT2D eigenvalue weighted by Gasteiger charge is 2.04. The molecule has 16 heavy (non-hydrogen) atoms. The SMILES string of the molecule is CCCSCC(=O)Nc1cc(N)ccc1C. The number of nitrogens with two attached hydrogens (primary N) is 1. The molecule has 1 rings (SSSR count). The van der Waals surface area contributed by atoms with Gasteiger partial charge >= 0.3 is 0 Å². The predicted octanol–water partition coefficient (Wildman–Crippen LogP) is 2.66. The molecular formula is C12H18N2OS. The molecule has 0 radical (unpaired) electrons. The molecule has 0 aliphatic heterocycles. The molecule has 1 aromatic rings. The lowest BCUT2D eigenvalue weighted by molar-refractivity contribution is -0.113. The highest BCUT2D eigenvalue weighted by Crippen LogP contribution is 2.18. The smallest absolute Gasteiger partial charge is 0.234 e. The third-order valence-corrected chi connectivity index (χ3v) is 3.28. The second-order valence-corrected chi connectivity index (χ2v) is 4.78. The molecule has 0 aliphatic rings. The average molecular weight is 238 g/mol. The number of anilines is 2. The van der Waals surface area contributed by atoms with Crippen LogP contribution in [0, 0.1) is 6.92 Å². The molecule has 0 saturated heterocycles. The molecule has 3 nitrogen and oxygen atoms in total. The van der Waals surface area contributed by atoms with Crippen LogP contribution in [-0.2, 0) is 4.79 Å². The summed E-state index contributed by atoms with van der Waals surface area (Å²) >= 11 is 1.65. The Kier molecular flexibility index (Phi) is 5.19. The van der Waals surface area contributed by atoms with Gasteiger partial charge in [0.15, 0.2) is 0 Å². The van der Waals surface area contributed by atoms with E-state index in [-0.39, 0.29) is 5.91 Å². The van der Waals surface area contributed by atoms with Gasteiger partial charge in [0.2, 0.25) is 5.91 Å². The molecule has 0 unspecified atom stereocenters. The molecule has 0 aromatic heterocycles. The van der Waals surface area contributed by atoms with Crippen molar-refractivity contribution in [2.45, 2.75) is 20.3 Å². The van der Waals surface area contributed by atoms with Gasteiger partial charge in [-0.25, -0.2) is 0 Å². The molecule has 1 aromatic carbocycles. The number of carbonyl (C=O) groups excluding carboxylic acids is 1. The lowest BCUT2D eigenvalue weighted by Gasteiger charge is -2.08. The Balaban J connectivity index is 2.52. The van der Waals surface area contributed by atoms with Crippen molar-refractivity contribution < 1.29 is 4.79 Å². The molecule has 0 aliphatic carbocycles. The van der Waals surface area contributed by atoms with Crippen LogP contribution in [0.1, 0.15) is 18.9 Å². The van der Waals surface area contributed by atoms with Crippen LogP contribution in [-0.4, -0.2) is 17.4 Å². The van der Waals surface area contributed by atoms with E-state index in [1.165, 1.54) is 0 Å². The number of nitrogen functional groups attached to an aromatic ring is 1. The van der Waals surface area contributed by atoms with Crippen LogP contribution in [0.3, 0.4) is 0 Å². The number of thioether (sulfide) groups is 1. The number of aryl methyl sites for hydroxylation is 1. The molecule has 0 heterocycles. The van der Waals surface area contributed by atoms with Crippen LogP contribution in [0.2, 0.25) is 0 Å². The molecule has 88 valence electrons. The van der Waals surface area contributed by atoms with Gasteiger partial charge in [0, 0.05) is 11.4 Å². The summed E-state index contributed by atoms with van der Waals surface area (Å²) in [6, 6.07) is 5.53. The number of rotatable bonds is 5. The first kappa shape index (κ1) is 12.9. The van der Waals surface area contributed by atoms with E-state index in [1.54, 1.807) is 17.8 Å². The zero-order chi connectivity index (χ0) is 12.0. The summed E-state index contributed by atoms with van der Waals surface area (Å²) in [5.41, 5.74) is 8.18. The first-order valence-corrected chi connectivity index (χ1v) is 6.52. The maximum atomic E-state index is 11.6. The Morgan fingerprint density at radius 1 is 1.50 bits per heavy atom. The lowest BCUT2D eigenvalue weighted by Crippen LogP contribution is -2.15. The minimum atomic E-state index is 0.0344. The highest BCUT2D eigenvalue weighted by atomic mass is 32.2. The third-order valence-electron chi connectivity index (χ3n) is 2.12. The largest absolute Gasteiger partial charge is 0.399 e. The van der Waals surface area contributed by atoms with Gasteiger partial charge in [-0.15, -0.1) is 0 Å². The number of benzene rings is 1. The van der Waals surface area contributed by atoms with Crippen molar-refractivity contribution in [1.82, 2.24) is 0 Å². The van der Waals surface area contributed by atoms with Gasteiger partial charge in [-0.05, 0) is 36.8 Å². The van der Waals surface area contributed by atoms with Crippen molar-refractivity contribution in [3.63, 3.8) is 0 Å². The van der Waals surface area contributed by atoms with E-state index in [0.29, 0.717) is 11.4 Å². The van der Waals surface area contributed by atoms with Gasteiger partial charge in [-0.1, -0.05) is 13.0 Å². The zero-order valence-electron chi connectivity index (χ0n) is 9.75. The zero-order valence-corrected chi connectivity index (χ0v) is 10.6. The number of nitrogens with one attached hydrogen (secondary N) is 1. The first-order valence-electron chi connectivity index (χ1n) is 5.37.